The van der Waals surface area contributed by atoms with Crippen LogP contribution in [-0.2, 0) is 9.59 Å². The van der Waals surface area contributed by atoms with E-state index >= 15 is 0 Å². The minimum Gasteiger partial charge on any atom is -0.493 e. The molecule has 1 aromatic carbocycles. The van der Waals surface area contributed by atoms with Crippen molar-refractivity contribution in [1.82, 2.24) is 5.32 Å². The van der Waals surface area contributed by atoms with Gasteiger partial charge in [-0.15, -0.1) is 0 Å². The van der Waals surface area contributed by atoms with Gasteiger partial charge in [0.25, 0.3) is 0 Å². The maximum atomic E-state index is 11.3. The van der Waals surface area contributed by atoms with Crippen molar-refractivity contribution in [2.75, 3.05) is 20.8 Å². The summed E-state index contributed by atoms with van der Waals surface area (Å²) in [6.07, 6.45) is 2.81. The largest absolute Gasteiger partial charge is 0.493 e. The van der Waals surface area contributed by atoms with Gasteiger partial charge in [-0.1, -0.05) is 6.07 Å². The minimum atomic E-state index is -1.09. The second kappa shape index (κ2) is 7.05. The normalized spacial score (nSPS) is 10.2. The van der Waals surface area contributed by atoms with Crippen LogP contribution in [0.15, 0.2) is 24.3 Å². The molecule has 1 amide bonds. The molecule has 19 heavy (non-hydrogen) atoms. The number of nitrogens with one attached hydrogen (secondary N) is 1. The van der Waals surface area contributed by atoms with Crippen molar-refractivity contribution in [1.29, 1.82) is 0 Å². The van der Waals surface area contributed by atoms with Gasteiger partial charge in [-0.2, -0.15) is 0 Å². The number of carboxylic acid groups (broad SMARTS) is 1. The number of ether oxygens (including phenoxy) is 2. The lowest BCUT2D eigenvalue weighted by Crippen LogP contribution is -2.27. The summed E-state index contributed by atoms with van der Waals surface area (Å²) in [5.74, 6) is -0.421. The van der Waals surface area contributed by atoms with Gasteiger partial charge in [0.2, 0.25) is 5.91 Å². The van der Waals surface area contributed by atoms with Crippen LogP contribution in [0.2, 0.25) is 0 Å². The second-order valence-corrected chi connectivity index (χ2v) is 3.56. The van der Waals surface area contributed by atoms with Crippen molar-refractivity contribution < 1.29 is 24.2 Å². The number of aliphatic carboxylic acids is 1. The van der Waals surface area contributed by atoms with Crippen molar-refractivity contribution >= 4 is 18.0 Å². The Kier molecular flexibility index (Phi) is 5.40. The molecule has 0 aliphatic heterocycles. The van der Waals surface area contributed by atoms with Crippen LogP contribution in [0.25, 0.3) is 6.08 Å². The molecular formula is C13H15NO5. The third kappa shape index (κ3) is 4.71. The maximum absolute atomic E-state index is 11.3. The van der Waals surface area contributed by atoms with E-state index in [4.69, 9.17) is 14.6 Å². The highest BCUT2D eigenvalue weighted by molar-refractivity contribution is 5.93. The summed E-state index contributed by atoms with van der Waals surface area (Å²) in [5.41, 5.74) is 0.739. The van der Waals surface area contributed by atoms with E-state index in [-0.39, 0.29) is 0 Å². The first-order valence-electron chi connectivity index (χ1n) is 5.46. The van der Waals surface area contributed by atoms with Gasteiger partial charge < -0.3 is 19.9 Å². The zero-order chi connectivity index (χ0) is 14.3. The molecule has 0 aliphatic carbocycles. The minimum absolute atomic E-state index is 0.408. The molecule has 0 bridgehead atoms. The average molecular weight is 265 g/mol. The molecule has 0 aromatic heterocycles. The van der Waals surface area contributed by atoms with Crippen LogP contribution in [0.4, 0.5) is 0 Å². The molecule has 0 heterocycles. The second-order valence-electron chi connectivity index (χ2n) is 3.56. The van der Waals surface area contributed by atoms with E-state index < -0.39 is 18.4 Å². The van der Waals surface area contributed by atoms with E-state index in [1.807, 2.05) is 0 Å². The summed E-state index contributed by atoms with van der Waals surface area (Å²) in [5, 5.41) is 10.6. The van der Waals surface area contributed by atoms with Crippen molar-refractivity contribution in [3.05, 3.63) is 29.8 Å². The third-order valence-corrected chi connectivity index (χ3v) is 2.25. The van der Waals surface area contributed by atoms with Gasteiger partial charge in [-0.3, -0.25) is 9.59 Å². The fourth-order valence-corrected chi connectivity index (χ4v) is 1.35. The number of methoxy groups -OCH3 is 2. The van der Waals surface area contributed by atoms with Crippen LogP contribution < -0.4 is 14.8 Å². The lowest BCUT2D eigenvalue weighted by atomic mass is 10.2. The number of amides is 1. The summed E-state index contributed by atoms with van der Waals surface area (Å²) in [6, 6.07) is 5.18. The highest BCUT2D eigenvalue weighted by Crippen LogP contribution is 2.27. The molecule has 6 nitrogen and oxygen atoms in total. The fraction of sp³-hybridized carbons (Fsp3) is 0.231. The summed E-state index contributed by atoms with van der Waals surface area (Å²) >= 11 is 0. The first-order valence-corrected chi connectivity index (χ1v) is 5.46. The molecule has 102 valence electrons. The number of hydrogen-bond donors (Lipinski definition) is 2. The van der Waals surface area contributed by atoms with Crippen LogP contribution in [-0.4, -0.2) is 37.7 Å². The number of benzene rings is 1. The van der Waals surface area contributed by atoms with Gasteiger partial charge in [0.15, 0.2) is 11.5 Å². The quantitative estimate of drug-likeness (QED) is 0.747. The molecular weight excluding hydrogens is 250 g/mol. The monoisotopic (exact) mass is 265 g/mol. The number of hydrogen-bond acceptors (Lipinski definition) is 4. The summed E-state index contributed by atoms with van der Waals surface area (Å²) in [4.78, 5) is 21.5. The van der Waals surface area contributed by atoms with E-state index in [1.54, 1.807) is 24.3 Å². The lowest BCUT2D eigenvalue weighted by molar-refractivity contribution is -0.137. The van der Waals surface area contributed by atoms with E-state index in [0.29, 0.717) is 11.5 Å². The van der Waals surface area contributed by atoms with Gasteiger partial charge in [-0.05, 0) is 23.8 Å². The number of carbonyl (C=O) groups excluding carboxylic acids is 1. The smallest absolute Gasteiger partial charge is 0.322 e. The van der Waals surface area contributed by atoms with Gasteiger partial charge in [0.1, 0.15) is 6.54 Å². The topological polar surface area (TPSA) is 84.9 Å². The van der Waals surface area contributed by atoms with Gasteiger partial charge in [0.05, 0.1) is 14.2 Å². The summed E-state index contributed by atoms with van der Waals surface area (Å²) in [7, 11) is 3.05. The van der Waals surface area contributed by atoms with Crippen molar-refractivity contribution in [3.8, 4) is 11.5 Å². The van der Waals surface area contributed by atoms with Crippen LogP contribution in [0, 0.1) is 0 Å². The summed E-state index contributed by atoms with van der Waals surface area (Å²) < 4.78 is 10.2. The molecule has 0 spiro atoms. The molecule has 0 saturated carbocycles. The van der Waals surface area contributed by atoms with E-state index in [2.05, 4.69) is 5.32 Å². The molecule has 0 fully saturated rings. The van der Waals surface area contributed by atoms with Crippen LogP contribution in [0.5, 0.6) is 11.5 Å². The highest BCUT2D eigenvalue weighted by Gasteiger charge is 2.03. The van der Waals surface area contributed by atoms with Crippen molar-refractivity contribution in [2.45, 2.75) is 0 Å². The Morgan fingerprint density at radius 2 is 1.95 bits per heavy atom. The fourth-order valence-electron chi connectivity index (χ4n) is 1.35. The molecule has 1 aromatic rings. The Morgan fingerprint density at radius 1 is 1.26 bits per heavy atom. The molecule has 0 aliphatic rings. The Hall–Kier alpha value is -2.50. The highest BCUT2D eigenvalue weighted by atomic mass is 16.5. The Labute approximate surface area is 110 Å². The predicted molar refractivity (Wildman–Crippen MR) is 69.2 cm³/mol. The molecule has 2 N–H and O–H groups in total. The Balaban J connectivity index is 2.71. The van der Waals surface area contributed by atoms with E-state index in [1.165, 1.54) is 20.3 Å². The van der Waals surface area contributed by atoms with E-state index in [9.17, 15) is 9.59 Å². The average Bonchev–Trinajstić information content (AvgIpc) is 2.42. The first kappa shape index (κ1) is 14.6. The number of rotatable bonds is 6. The van der Waals surface area contributed by atoms with Crippen LogP contribution in [0.3, 0.4) is 0 Å². The molecule has 0 atom stereocenters. The predicted octanol–water partition coefficient (Wildman–Crippen LogP) is 0.918. The third-order valence-electron chi connectivity index (χ3n) is 2.25. The van der Waals surface area contributed by atoms with Gasteiger partial charge >= 0.3 is 5.97 Å². The van der Waals surface area contributed by atoms with Crippen LogP contribution >= 0.6 is 0 Å². The summed E-state index contributed by atoms with van der Waals surface area (Å²) in [6.45, 7) is -0.408. The van der Waals surface area contributed by atoms with Gasteiger partial charge in [0, 0.05) is 6.08 Å². The zero-order valence-corrected chi connectivity index (χ0v) is 10.7. The maximum Gasteiger partial charge on any atom is 0.322 e. The number of carbonyl (C=O) groups is 2. The standard InChI is InChI=1S/C13H15NO5/c1-18-10-5-3-9(7-11(10)19-2)4-6-12(15)14-8-13(16)17/h3-7H,8H2,1-2H3,(H,14,15)(H,16,17)/b6-4+. The van der Waals surface area contributed by atoms with Crippen molar-refractivity contribution in [3.63, 3.8) is 0 Å². The van der Waals surface area contributed by atoms with Crippen molar-refractivity contribution in [2.24, 2.45) is 0 Å². The SMILES string of the molecule is COc1ccc(/C=C/C(=O)NCC(=O)O)cc1OC. The number of carboxylic acids is 1. The van der Waals surface area contributed by atoms with E-state index in [0.717, 1.165) is 5.56 Å². The Bertz CT molecular complexity index is 496. The molecule has 0 unspecified atom stereocenters. The van der Waals surface area contributed by atoms with Crippen LogP contribution in [0.1, 0.15) is 5.56 Å². The molecule has 0 radical (unpaired) electrons. The lowest BCUT2D eigenvalue weighted by Gasteiger charge is -2.07. The first-order chi connectivity index (χ1) is 9.06. The zero-order valence-electron chi connectivity index (χ0n) is 10.7. The molecule has 6 heteroatoms. The Morgan fingerprint density at radius 3 is 2.53 bits per heavy atom. The molecule has 0 saturated heterocycles. The molecule has 1 rings (SSSR count). The van der Waals surface area contributed by atoms with Gasteiger partial charge in [-0.25, -0.2) is 0 Å².